The lowest BCUT2D eigenvalue weighted by molar-refractivity contribution is -0.148. The molecule has 1 saturated carbocycles. The molecule has 1 saturated heterocycles. The number of carbonyl (C=O) groups is 1. The number of fused-ring (bicyclic) bond motifs is 1. The summed E-state index contributed by atoms with van der Waals surface area (Å²) in [5, 5.41) is 0. The van der Waals surface area contributed by atoms with Gasteiger partial charge in [0.15, 0.2) is 0 Å². The maximum absolute atomic E-state index is 11.1. The Kier molecular flexibility index (Phi) is 2.31. The Morgan fingerprint density at radius 2 is 2.42 bits per heavy atom. The van der Waals surface area contributed by atoms with Crippen LogP contribution in [0.3, 0.4) is 0 Å². The zero-order valence-electron chi connectivity index (χ0n) is 7.01. The standard InChI is InChI=1S/C9H13IO2/c10-6-9-4-2-1-3-7(9)5-8(11)12-9/h7H,1-6H2/t7-,9-/m1/s1. The second kappa shape index (κ2) is 3.16. The van der Waals surface area contributed by atoms with Crippen LogP contribution in [0.15, 0.2) is 0 Å². The van der Waals surface area contributed by atoms with Gasteiger partial charge in [-0.25, -0.2) is 0 Å². The van der Waals surface area contributed by atoms with E-state index in [1.54, 1.807) is 0 Å². The molecule has 0 spiro atoms. The van der Waals surface area contributed by atoms with Crippen LogP contribution in [-0.2, 0) is 9.53 Å². The van der Waals surface area contributed by atoms with Crippen LogP contribution in [0.5, 0.6) is 0 Å². The number of esters is 1. The molecular formula is C9H13IO2. The van der Waals surface area contributed by atoms with E-state index in [4.69, 9.17) is 4.74 Å². The van der Waals surface area contributed by atoms with Crippen molar-refractivity contribution in [1.29, 1.82) is 0 Å². The van der Waals surface area contributed by atoms with Crippen molar-refractivity contribution in [3.63, 3.8) is 0 Å². The van der Waals surface area contributed by atoms with Crippen LogP contribution in [0.1, 0.15) is 32.1 Å². The number of halogens is 1. The third kappa shape index (κ3) is 1.26. The number of hydrogen-bond acceptors (Lipinski definition) is 2. The number of rotatable bonds is 1. The van der Waals surface area contributed by atoms with Gasteiger partial charge in [-0.15, -0.1) is 0 Å². The van der Waals surface area contributed by atoms with Crippen molar-refractivity contribution < 1.29 is 9.53 Å². The van der Waals surface area contributed by atoms with Crippen molar-refractivity contribution in [3.05, 3.63) is 0 Å². The summed E-state index contributed by atoms with van der Waals surface area (Å²) in [5.41, 5.74) is -0.0596. The molecule has 1 aliphatic carbocycles. The topological polar surface area (TPSA) is 26.3 Å². The highest BCUT2D eigenvalue weighted by atomic mass is 127. The zero-order valence-corrected chi connectivity index (χ0v) is 9.17. The molecule has 0 unspecified atom stereocenters. The summed E-state index contributed by atoms with van der Waals surface area (Å²) in [6, 6.07) is 0. The van der Waals surface area contributed by atoms with E-state index < -0.39 is 0 Å². The van der Waals surface area contributed by atoms with E-state index in [1.807, 2.05) is 0 Å². The monoisotopic (exact) mass is 280 g/mol. The van der Waals surface area contributed by atoms with Crippen molar-refractivity contribution >= 4 is 28.6 Å². The molecule has 0 N–H and O–H groups in total. The smallest absolute Gasteiger partial charge is 0.306 e. The summed E-state index contributed by atoms with van der Waals surface area (Å²) in [7, 11) is 0. The Morgan fingerprint density at radius 1 is 1.58 bits per heavy atom. The van der Waals surface area contributed by atoms with Gasteiger partial charge in [0, 0.05) is 10.3 Å². The van der Waals surface area contributed by atoms with Crippen molar-refractivity contribution in [1.82, 2.24) is 0 Å². The fraction of sp³-hybridized carbons (Fsp3) is 0.889. The second-order valence-electron chi connectivity index (χ2n) is 3.82. The fourth-order valence-electron chi connectivity index (χ4n) is 2.38. The molecule has 12 heavy (non-hydrogen) atoms. The first-order valence-corrected chi connectivity index (χ1v) is 6.07. The Bertz CT molecular complexity index is 205. The van der Waals surface area contributed by atoms with Gasteiger partial charge in [0.25, 0.3) is 0 Å². The van der Waals surface area contributed by atoms with Gasteiger partial charge in [0.2, 0.25) is 0 Å². The molecule has 2 atom stereocenters. The third-order valence-electron chi connectivity index (χ3n) is 3.10. The van der Waals surface area contributed by atoms with Crippen LogP contribution < -0.4 is 0 Å². The first-order valence-electron chi connectivity index (χ1n) is 4.55. The minimum atomic E-state index is -0.0596. The summed E-state index contributed by atoms with van der Waals surface area (Å²) in [4.78, 5) is 11.1. The summed E-state index contributed by atoms with van der Waals surface area (Å²) >= 11 is 2.35. The minimum Gasteiger partial charge on any atom is -0.458 e. The lowest BCUT2D eigenvalue weighted by atomic mass is 9.77. The highest BCUT2D eigenvalue weighted by Crippen LogP contribution is 2.44. The highest BCUT2D eigenvalue weighted by molar-refractivity contribution is 14.1. The van der Waals surface area contributed by atoms with Crippen LogP contribution in [0.25, 0.3) is 0 Å². The van der Waals surface area contributed by atoms with E-state index in [0.29, 0.717) is 12.3 Å². The van der Waals surface area contributed by atoms with Gasteiger partial charge in [-0.3, -0.25) is 4.79 Å². The van der Waals surface area contributed by atoms with Gasteiger partial charge in [-0.2, -0.15) is 0 Å². The molecule has 0 bridgehead atoms. The molecule has 3 heteroatoms. The van der Waals surface area contributed by atoms with Gasteiger partial charge in [0.1, 0.15) is 5.60 Å². The Balaban J connectivity index is 2.19. The van der Waals surface area contributed by atoms with E-state index in [9.17, 15) is 4.79 Å². The molecule has 2 fully saturated rings. The van der Waals surface area contributed by atoms with E-state index in [-0.39, 0.29) is 11.6 Å². The molecular weight excluding hydrogens is 267 g/mol. The van der Waals surface area contributed by atoms with E-state index in [0.717, 1.165) is 10.8 Å². The van der Waals surface area contributed by atoms with Crippen LogP contribution in [0, 0.1) is 5.92 Å². The van der Waals surface area contributed by atoms with Crippen LogP contribution in [-0.4, -0.2) is 16.0 Å². The lowest BCUT2D eigenvalue weighted by Gasteiger charge is -2.35. The molecule has 2 rings (SSSR count). The van der Waals surface area contributed by atoms with Crippen molar-refractivity contribution in [2.45, 2.75) is 37.7 Å². The van der Waals surface area contributed by atoms with E-state index in [1.165, 1.54) is 19.3 Å². The second-order valence-corrected chi connectivity index (χ2v) is 4.58. The van der Waals surface area contributed by atoms with E-state index in [2.05, 4.69) is 22.6 Å². The van der Waals surface area contributed by atoms with Gasteiger partial charge >= 0.3 is 5.97 Å². The molecule has 1 aliphatic heterocycles. The Hall–Kier alpha value is 0.200. The first-order chi connectivity index (χ1) is 5.77. The lowest BCUT2D eigenvalue weighted by Crippen LogP contribution is -2.39. The largest absolute Gasteiger partial charge is 0.458 e. The number of alkyl halides is 1. The molecule has 0 aromatic rings. The normalized spacial score (nSPS) is 40.8. The number of carbonyl (C=O) groups excluding carboxylic acids is 1. The van der Waals surface area contributed by atoms with Crippen LogP contribution >= 0.6 is 22.6 Å². The van der Waals surface area contributed by atoms with Crippen molar-refractivity contribution in [2.24, 2.45) is 5.92 Å². The first kappa shape index (κ1) is 8.78. The average Bonchev–Trinajstić information content (AvgIpc) is 2.41. The maximum Gasteiger partial charge on any atom is 0.306 e. The molecule has 68 valence electrons. The molecule has 1 heterocycles. The minimum absolute atomic E-state index is 0.0265. The molecule has 0 amide bonds. The fourth-order valence-corrected chi connectivity index (χ4v) is 3.54. The van der Waals surface area contributed by atoms with E-state index >= 15 is 0 Å². The molecule has 0 radical (unpaired) electrons. The molecule has 0 aromatic heterocycles. The van der Waals surface area contributed by atoms with Crippen LogP contribution in [0.4, 0.5) is 0 Å². The molecule has 0 aromatic carbocycles. The van der Waals surface area contributed by atoms with Gasteiger partial charge in [-0.1, -0.05) is 29.0 Å². The Morgan fingerprint density at radius 3 is 3.08 bits per heavy atom. The maximum atomic E-state index is 11.1. The average molecular weight is 280 g/mol. The third-order valence-corrected chi connectivity index (χ3v) is 4.39. The van der Waals surface area contributed by atoms with Gasteiger partial charge in [0.05, 0.1) is 6.42 Å². The van der Waals surface area contributed by atoms with Crippen LogP contribution in [0.2, 0.25) is 0 Å². The Labute approximate surface area is 86.2 Å². The van der Waals surface area contributed by atoms with Gasteiger partial charge < -0.3 is 4.74 Å². The summed E-state index contributed by atoms with van der Waals surface area (Å²) < 4.78 is 6.43. The number of hydrogen-bond donors (Lipinski definition) is 0. The highest BCUT2D eigenvalue weighted by Gasteiger charge is 2.49. The summed E-state index contributed by atoms with van der Waals surface area (Å²) in [6.07, 6.45) is 5.45. The molecule has 2 nitrogen and oxygen atoms in total. The quantitative estimate of drug-likeness (QED) is 0.418. The summed E-state index contributed by atoms with van der Waals surface area (Å²) in [6.45, 7) is 0. The molecule has 2 aliphatic rings. The van der Waals surface area contributed by atoms with Crippen molar-refractivity contribution in [2.75, 3.05) is 4.43 Å². The number of ether oxygens (including phenoxy) is 1. The zero-order chi connectivity index (χ0) is 8.60. The summed E-state index contributed by atoms with van der Waals surface area (Å²) in [5.74, 6) is 0.550. The van der Waals surface area contributed by atoms with Crippen molar-refractivity contribution in [3.8, 4) is 0 Å². The predicted molar refractivity (Wildman–Crippen MR) is 54.3 cm³/mol. The van der Waals surface area contributed by atoms with Gasteiger partial charge in [-0.05, 0) is 19.3 Å². The predicted octanol–water partition coefficient (Wildman–Crippen LogP) is 2.30. The SMILES string of the molecule is O=C1C[C@H]2CCCC[C@]2(CI)O1.